The van der Waals surface area contributed by atoms with E-state index in [1.54, 1.807) is 24.3 Å². The molecule has 13 nitrogen and oxygen atoms in total. The highest BCUT2D eigenvalue weighted by molar-refractivity contribution is 6.33. The van der Waals surface area contributed by atoms with Crippen molar-refractivity contribution in [2.45, 2.75) is 38.8 Å². The number of hydrogen-bond acceptors (Lipinski definition) is 13. The van der Waals surface area contributed by atoms with Gasteiger partial charge in [-0.2, -0.15) is 0 Å². The number of methoxy groups -OCH3 is 2. The summed E-state index contributed by atoms with van der Waals surface area (Å²) >= 11 is 13.1. The molecule has 2 atom stereocenters. The number of nitrogens with zero attached hydrogens (tertiary/aromatic N) is 6. The lowest BCUT2D eigenvalue weighted by Crippen LogP contribution is -2.43. The van der Waals surface area contributed by atoms with Crippen molar-refractivity contribution < 1.29 is 24.5 Å². The summed E-state index contributed by atoms with van der Waals surface area (Å²) in [5.41, 5.74) is 11.7. The largest absolute Gasteiger partial charge is 0.503 e. The van der Waals surface area contributed by atoms with Gasteiger partial charge in [0.1, 0.15) is 5.78 Å². The number of phenols is 2. The van der Waals surface area contributed by atoms with Crippen molar-refractivity contribution >= 4 is 73.5 Å². The number of carbonyl (C=O) groups is 1. The molecule has 6 aromatic carbocycles. The van der Waals surface area contributed by atoms with Crippen molar-refractivity contribution in [3.8, 4) is 45.3 Å². The Balaban J connectivity index is 1.03. The molecular weight excluding hydrogens is 996 g/mol. The molecule has 0 radical (unpaired) electrons. The minimum atomic E-state index is -0.645. The van der Waals surface area contributed by atoms with Crippen LogP contribution in [0, 0.1) is 0 Å². The molecule has 0 spiro atoms. The number of benzene rings is 6. The highest BCUT2D eigenvalue weighted by Gasteiger charge is 2.30. The topological polar surface area (TPSA) is 139 Å². The summed E-state index contributed by atoms with van der Waals surface area (Å²) in [6.07, 6.45) is 3.62. The van der Waals surface area contributed by atoms with Crippen LogP contribution in [0.5, 0.6) is 23.0 Å². The van der Waals surface area contributed by atoms with Crippen molar-refractivity contribution in [3.05, 3.63) is 154 Å². The second-order valence-electron chi connectivity index (χ2n) is 20.3. The molecule has 392 valence electrons. The first-order valence-electron chi connectivity index (χ1n) is 25.8. The van der Waals surface area contributed by atoms with Crippen LogP contribution in [0.15, 0.2) is 122 Å². The van der Waals surface area contributed by atoms with Crippen LogP contribution in [0.3, 0.4) is 0 Å². The molecule has 2 saturated heterocycles. The van der Waals surface area contributed by atoms with Gasteiger partial charge in [0.25, 0.3) is 0 Å². The second kappa shape index (κ2) is 22.7. The SMILES string of the molecule is COc1cc(-c2ccc3ncc(C(C)C(=O)C(C)c4cnc5ccc(-c6cc(Cl)c(O)c(OC)c6)cc5c4Nc4ccc(CN5CCN(C)CC5)cc4)c(Nc4ccc(CN5CCN(C)CC5)cc4)c3c2)cc(Cl)c1O. The molecule has 0 saturated carbocycles. The number of likely N-dealkylation sites (N-methyl/N-ethyl adjacent to an activating group) is 2. The Labute approximate surface area is 454 Å². The molecule has 4 heterocycles. The van der Waals surface area contributed by atoms with Gasteiger partial charge in [0.15, 0.2) is 23.0 Å². The Morgan fingerprint density at radius 2 is 0.934 bits per heavy atom. The maximum absolute atomic E-state index is 15.5. The summed E-state index contributed by atoms with van der Waals surface area (Å²) in [4.78, 5) is 35.1. The maximum Gasteiger partial charge on any atom is 0.176 e. The van der Waals surface area contributed by atoms with Gasteiger partial charge in [-0.1, -0.05) is 73.4 Å². The van der Waals surface area contributed by atoms with Gasteiger partial charge < -0.3 is 40.1 Å². The van der Waals surface area contributed by atoms with E-state index in [0.29, 0.717) is 0 Å². The highest BCUT2D eigenvalue weighted by Crippen LogP contribution is 2.44. The zero-order valence-corrected chi connectivity index (χ0v) is 45.3. The number of rotatable bonds is 16. The van der Waals surface area contributed by atoms with Gasteiger partial charge in [0.2, 0.25) is 0 Å². The average molecular weight is 1060 g/mol. The first-order valence-corrected chi connectivity index (χ1v) is 26.6. The molecule has 2 unspecified atom stereocenters. The Morgan fingerprint density at radius 3 is 1.30 bits per heavy atom. The molecule has 8 aromatic rings. The molecule has 0 bridgehead atoms. The molecule has 2 fully saturated rings. The molecule has 0 amide bonds. The summed E-state index contributed by atoms with van der Waals surface area (Å²) in [6.45, 7) is 13.9. The van der Waals surface area contributed by atoms with E-state index < -0.39 is 11.8 Å². The zero-order chi connectivity index (χ0) is 53.2. The second-order valence-corrected chi connectivity index (χ2v) is 21.1. The molecule has 76 heavy (non-hydrogen) atoms. The molecule has 15 heteroatoms. The van der Waals surface area contributed by atoms with E-state index in [2.05, 4.69) is 92.9 Å². The van der Waals surface area contributed by atoms with E-state index in [1.807, 2.05) is 62.6 Å². The van der Waals surface area contributed by atoms with Crippen molar-refractivity contribution in [2.24, 2.45) is 0 Å². The lowest BCUT2D eigenvalue weighted by molar-refractivity contribution is -0.121. The first kappa shape index (κ1) is 52.5. The fraction of sp³-hybridized carbons (Fsp3) is 0.295. The monoisotopic (exact) mass is 1060 g/mol. The number of halogens is 2. The molecule has 10 rings (SSSR count). The first-order chi connectivity index (χ1) is 36.7. The predicted molar refractivity (Wildman–Crippen MR) is 308 cm³/mol. The van der Waals surface area contributed by atoms with Gasteiger partial charge in [0.05, 0.1) is 46.7 Å². The fourth-order valence-electron chi connectivity index (χ4n) is 10.4. The number of aromatic hydroxyl groups is 2. The molecule has 4 N–H and O–H groups in total. The summed E-state index contributed by atoms with van der Waals surface area (Å²) in [5.74, 6) is -1.06. The molecular formula is C61H64Cl2N8O5. The van der Waals surface area contributed by atoms with E-state index in [1.165, 1.54) is 25.3 Å². The lowest BCUT2D eigenvalue weighted by atomic mass is 9.84. The number of carbonyl (C=O) groups excluding carboxylic acids is 1. The number of phenolic OH excluding ortho intramolecular Hbond substituents is 2. The third-order valence-electron chi connectivity index (χ3n) is 15.2. The summed E-state index contributed by atoms with van der Waals surface area (Å²) in [5, 5.41) is 30.7. The van der Waals surface area contributed by atoms with Crippen molar-refractivity contribution in [2.75, 3.05) is 91.3 Å². The number of piperazine rings is 2. The Hall–Kier alpha value is -6.97. The number of aromatic nitrogens is 2. The Kier molecular flexibility index (Phi) is 15.7. The third kappa shape index (κ3) is 11.3. The maximum atomic E-state index is 15.5. The zero-order valence-electron chi connectivity index (χ0n) is 43.8. The fourth-order valence-corrected chi connectivity index (χ4v) is 10.8. The Morgan fingerprint density at radius 1 is 0.553 bits per heavy atom. The van der Waals surface area contributed by atoms with Crippen molar-refractivity contribution in [1.29, 1.82) is 0 Å². The van der Waals surface area contributed by atoms with E-state index in [0.717, 1.165) is 143 Å². The van der Waals surface area contributed by atoms with Crippen LogP contribution in [0.2, 0.25) is 10.0 Å². The number of fused-ring (bicyclic) bond motifs is 2. The smallest absolute Gasteiger partial charge is 0.176 e. The van der Waals surface area contributed by atoms with Crippen molar-refractivity contribution in [1.82, 2.24) is 29.6 Å². The molecule has 2 aromatic heterocycles. The minimum Gasteiger partial charge on any atom is -0.503 e. The lowest BCUT2D eigenvalue weighted by Gasteiger charge is -2.32. The normalized spacial score (nSPS) is 15.7. The van der Waals surface area contributed by atoms with Crippen LogP contribution in [0.25, 0.3) is 44.1 Å². The number of Topliss-reactive ketones (excluding diaryl/α,β-unsaturated/α-hetero) is 1. The molecule has 2 aliphatic heterocycles. The van der Waals surface area contributed by atoms with E-state index in [-0.39, 0.29) is 38.8 Å². The van der Waals surface area contributed by atoms with E-state index in [9.17, 15) is 10.2 Å². The summed E-state index contributed by atoms with van der Waals surface area (Å²) in [6, 6.07) is 35.9. The molecule has 0 aliphatic carbocycles. The van der Waals surface area contributed by atoms with Crippen LogP contribution in [0.1, 0.15) is 47.9 Å². The minimum absolute atomic E-state index is 0.0316. The Bertz CT molecular complexity index is 3190. The standard InChI is InChI=1S/C61H64Cl2N8O5/c1-37(49-33-64-53-17-11-41(43-29-51(62)60(73)55(31-43)75-5)27-47(53)57(49)66-45-13-7-39(8-14-45)35-70-23-19-68(3)20-24-70)59(72)38(2)50-34-65-54-18-12-42(44-30-52(63)61(74)56(32-44)76-6)28-48(54)58(50)67-46-15-9-40(10-16-46)36-71-25-21-69(4)22-26-71/h7-18,27-34,37-38,73-74H,19-26,35-36H2,1-6H3,(H,64,66)(H,65,67). The highest BCUT2D eigenvalue weighted by atomic mass is 35.5. The van der Waals surface area contributed by atoms with Crippen LogP contribution < -0.4 is 20.1 Å². The average Bonchev–Trinajstić information content (AvgIpc) is 3.44. The van der Waals surface area contributed by atoms with Gasteiger partial charge in [-0.25, -0.2) is 0 Å². The number of nitrogens with one attached hydrogen (secondary N) is 2. The number of anilines is 4. The summed E-state index contributed by atoms with van der Waals surface area (Å²) < 4.78 is 11.0. The van der Waals surface area contributed by atoms with E-state index >= 15 is 4.79 Å². The van der Waals surface area contributed by atoms with Crippen LogP contribution in [-0.2, 0) is 17.9 Å². The van der Waals surface area contributed by atoms with Gasteiger partial charge >= 0.3 is 0 Å². The summed E-state index contributed by atoms with van der Waals surface area (Å²) in [7, 11) is 7.32. The predicted octanol–water partition coefficient (Wildman–Crippen LogP) is 12.3. The van der Waals surface area contributed by atoms with E-state index in [4.69, 9.17) is 42.6 Å². The van der Waals surface area contributed by atoms with Crippen LogP contribution in [-0.4, -0.2) is 126 Å². The van der Waals surface area contributed by atoms with Gasteiger partial charge in [-0.15, -0.1) is 0 Å². The van der Waals surface area contributed by atoms with Gasteiger partial charge in [0, 0.05) is 123 Å². The number of ketones is 1. The molecule has 2 aliphatic rings. The number of pyridine rings is 2. The number of hydrogen-bond donors (Lipinski definition) is 4. The van der Waals surface area contributed by atoms with Crippen molar-refractivity contribution in [3.63, 3.8) is 0 Å². The van der Waals surface area contributed by atoms with Gasteiger partial charge in [-0.05, 0) is 120 Å². The third-order valence-corrected chi connectivity index (χ3v) is 15.8. The van der Waals surface area contributed by atoms with Crippen LogP contribution >= 0.6 is 23.2 Å². The van der Waals surface area contributed by atoms with Crippen LogP contribution in [0.4, 0.5) is 22.7 Å². The number of ether oxygens (including phenoxy) is 2. The quantitative estimate of drug-likeness (QED) is 0.0731. The van der Waals surface area contributed by atoms with Gasteiger partial charge in [-0.3, -0.25) is 24.6 Å².